The van der Waals surface area contributed by atoms with E-state index < -0.39 is 6.11 Å². The number of halogens is 2. The summed E-state index contributed by atoms with van der Waals surface area (Å²) in [5.74, 6) is 0.118. The van der Waals surface area contributed by atoms with Crippen LogP contribution in [0.4, 0.5) is 8.78 Å². The van der Waals surface area contributed by atoms with E-state index in [0.717, 1.165) is 0 Å². The molecule has 0 aliphatic rings. The van der Waals surface area contributed by atoms with E-state index >= 15 is 0 Å². The third-order valence-corrected chi connectivity index (χ3v) is 2.04. The highest BCUT2D eigenvalue weighted by Crippen LogP contribution is 2.30. The zero-order chi connectivity index (χ0) is 11.4. The van der Waals surface area contributed by atoms with Gasteiger partial charge in [0.15, 0.2) is 0 Å². The third-order valence-electron chi connectivity index (χ3n) is 2.04. The minimum Gasteiger partial charge on any atom is -0.429 e. The van der Waals surface area contributed by atoms with Crippen molar-refractivity contribution in [3.8, 4) is 5.75 Å². The van der Waals surface area contributed by atoms with E-state index in [9.17, 15) is 8.78 Å². The minimum atomic E-state index is -3.32. The molecule has 0 fully saturated rings. The monoisotopic (exact) mass is 219 g/mol. The first-order valence-corrected chi connectivity index (χ1v) is 4.77. The van der Waals surface area contributed by atoms with Gasteiger partial charge in [0, 0.05) is 0 Å². The second-order valence-corrected chi connectivity index (χ2v) is 3.22. The van der Waals surface area contributed by atoms with Crippen molar-refractivity contribution in [2.75, 3.05) is 0 Å². The van der Waals surface area contributed by atoms with Gasteiger partial charge in [-0.3, -0.25) is 0 Å². The number of ether oxygens (including phenoxy) is 1. The van der Waals surface area contributed by atoms with E-state index in [0.29, 0.717) is 0 Å². The Bertz CT molecular complexity index is 440. The Hall–Kier alpha value is -1.90. The molecular weight excluding hydrogens is 210 g/mol. The predicted octanol–water partition coefficient (Wildman–Crippen LogP) is 3.62. The van der Waals surface area contributed by atoms with Gasteiger partial charge in [0.25, 0.3) is 0 Å². The quantitative estimate of drug-likeness (QED) is 0.766. The maximum Gasteiger partial charge on any atom is 0.426 e. The molecule has 1 radical (unpaired) electrons. The number of alkyl halides is 2. The Labute approximate surface area is 92.3 Å². The van der Waals surface area contributed by atoms with Crippen molar-refractivity contribution < 1.29 is 13.5 Å². The normalized spacial score (nSPS) is 11.1. The summed E-state index contributed by atoms with van der Waals surface area (Å²) in [7, 11) is 0. The molecule has 1 nitrogen and oxygen atoms in total. The van der Waals surface area contributed by atoms with Gasteiger partial charge in [-0.05, 0) is 30.3 Å². The molecule has 0 unspecified atom stereocenters. The molecule has 0 spiro atoms. The molecular formula is C13H9F2O. The number of benzene rings is 2. The molecule has 3 heteroatoms. The van der Waals surface area contributed by atoms with Crippen LogP contribution < -0.4 is 4.74 Å². The topological polar surface area (TPSA) is 9.23 Å². The van der Waals surface area contributed by atoms with Crippen molar-refractivity contribution in [1.82, 2.24) is 0 Å². The maximum absolute atomic E-state index is 13.6. The first kappa shape index (κ1) is 10.6. The van der Waals surface area contributed by atoms with Crippen LogP contribution in [0.25, 0.3) is 0 Å². The first-order chi connectivity index (χ1) is 7.68. The Kier molecular flexibility index (Phi) is 2.86. The average Bonchev–Trinajstić information content (AvgIpc) is 2.31. The van der Waals surface area contributed by atoms with Crippen molar-refractivity contribution in [1.29, 1.82) is 0 Å². The fourth-order valence-corrected chi connectivity index (χ4v) is 1.28. The fourth-order valence-electron chi connectivity index (χ4n) is 1.28. The standard InChI is InChI=1S/C13H9F2O/c14-13(15,11-7-3-1-4-8-11)16-12-9-5-2-6-10-12/h1,3-10H. The van der Waals surface area contributed by atoms with Crippen molar-refractivity contribution in [2.45, 2.75) is 6.11 Å². The molecule has 0 amide bonds. The van der Waals surface area contributed by atoms with Gasteiger partial charge in [0.2, 0.25) is 0 Å². The molecule has 2 aromatic carbocycles. The Morgan fingerprint density at radius 1 is 0.938 bits per heavy atom. The van der Waals surface area contributed by atoms with Gasteiger partial charge in [0.1, 0.15) is 5.75 Å². The first-order valence-electron chi connectivity index (χ1n) is 4.77. The summed E-state index contributed by atoms with van der Waals surface area (Å²) >= 11 is 0. The van der Waals surface area contributed by atoms with Gasteiger partial charge < -0.3 is 4.74 Å². The van der Waals surface area contributed by atoms with Gasteiger partial charge in [-0.2, -0.15) is 8.78 Å². The van der Waals surface area contributed by atoms with Gasteiger partial charge >= 0.3 is 6.11 Å². The summed E-state index contributed by atoms with van der Waals surface area (Å²) in [6.07, 6.45) is -3.32. The summed E-state index contributed by atoms with van der Waals surface area (Å²) < 4.78 is 31.9. The largest absolute Gasteiger partial charge is 0.429 e. The van der Waals surface area contributed by atoms with E-state index in [1.165, 1.54) is 36.4 Å². The van der Waals surface area contributed by atoms with Crippen LogP contribution in [0, 0.1) is 6.07 Å². The molecule has 0 aliphatic carbocycles. The van der Waals surface area contributed by atoms with E-state index in [1.807, 2.05) is 0 Å². The van der Waals surface area contributed by atoms with Crippen molar-refractivity contribution in [3.05, 3.63) is 66.2 Å². The zero-order valence-electron chi connectivity index (χ0n) is 8.36. The molecule has 0 N–H and O–H groups in total. The van der Waals surface area contributed by atoms with Crippen LogP contribution in [0.1, 0.15) is 5.56 Å². The number of hydrogen-bond acceptors (Lipinski definition) is 1. The second-order valence-electron chi connectivity index (χ2n) is 3.22. The lowest BCUT2D eigenvalue weighted by Crippen LogP contribution is -2.21. The predicted molar refractivity (Wildman–Crippen MR) is 56.2 cm³/mol. The molecule has 0 aliphatic heterocycles. The molecule has 2 rings (SSSR count). The van der Waals surface area contributed by atoms with E-state index in [4.69, 9.17) is 0 Å². The van der Waals surface area contributed by atoms with Gasteiger partial charge in [-0.15, -0.1) is 0 Å². The molecule has 0 saturated carbocycles. The maximum atomic E-state index is 13.6. The summed E-state index contributed by atoms with van der Waals surface area (Å²) in [4.78, 5) is 0. The number of rotatable bonds is 3. The van der Waals surface area contributed by atoms with Crippen LogP contribution in [-0.2, 0) is 6.11 Å². The van der Waals surface area contributed by atoms with Crippen LogP contribution in [0.5, 0.6) is 5.75 Å². The minimum absolute atomic E-state index is 0.118. The van der Waals surface area contributed by atoms with E-state index in [2.05, 4.69) is 10.8 Å². The van der Waals surface area contributed by atoms with Crippen LogP contribution in [0.15, 0.2) is 54.6 Å². The van der Waals surface area contributed by atoms with Crippen molar-refractivity contribution in [3.63, 3.8) is 0 Å². The highest BCUT2D eigenvalue weighted by Gasteiger charge is 2.33. The smallest absolute Gasteiger partial charge is 0.426 e. The van der Waals surface area contributed by atoms with E-state index in [-0.39, 0.29) is 11.3 Å². The molecule has 0 saturated heterocycles. The van der Waals surface area contributed by atoms with Gasteiger partial charge in [-0.25, -0.2) is 0 Å². The third kappa shape index (κ3) is 2.37. The lowest BCUT2D eigenvalue weighted by molar-refractivity contribution is -0.185. The lowest BCUT2D eigenvalue weighted by atomic mass is 10.2. The fraction of sp³-hybridized carbons (Fsp3) is 0.0769. The van der Waals surface area contributed by atoms with Crippen LogP contribution in [0.2, 0.25) is 0 Å². The second kappa shape index (κ2) is 4.31. The lowest BCUT2D eigenvalue weighted by Gasteiger charge is -2.17. The molecule has 81 valence electrons. The Morgan fingerprint density at radius 2 is 1.56 bits per heavy atom. The zero-order valence-corrected chi connectivity index (χ0v) is 8.36. The summed E-state index contributed by atoms with van der Waals surface area (Å²) in [6, 6.07) is 16.1. The van der Waals surface area contributed by atoms with Crippen molar-refractivity contribution >= 4 is 0 Å². The summed E-state index contributed by atoms with van der Waals surface area (Å²) in [5.41, 5.74) is -0.164. The van der Waals surface area contributed by atoms with Crippen LogP contribution in [-0.4, -0.2) is 0 Å². The average molecular weight is 219 g/mol. The van der Waals surface area contributed by atoms with E-state index in [1.54, 1.807) is 18.2 Å². The molecule has 0 heterocycles. The summed E-state index contributed by atoms with van der Waals surface area (Å²) in [5, 5.41) is 0. The van der Waals surface area contributed by atoms with Crippen LogP contribution >= 0.6 is 0 Å². The highest BCUT2D eigenvalue weighted by atomic mass is 19.3. The van der Waals surface area contributed by atoms with Crippen LogP contribution in [0.3, 0.4) is 0 Å². The Balaban J connectivity index is 2.21. The SMILES string of the molecule is FC(F)(Oc1cc[c]cc1)c1ccccc1. The molecule has 0 bridgehead atoms. The molecule has 0 aromatic heterocycles. The number of hydrogen-bond donors (Lipinski definition) is 0. The summed E-state index contributed by atoms with van der Waals surface area (Å²) in [6.45, 7) is 0. The molecule has 0 atom stereocenters. The van der Waals surface area contributed by atoms with Crippen molar-refractivity contribution in [2.24, 2.45) is 0 Å². The molecule has 16 heavy (non-hydrogen) atoms. The Morgan fingerprint density at radius 3 is 2.19 bits per heavy atom. The van der Waals surface area contributed by atoms with Gasteiger partial charge in [0.05, 0.1) is 5.56 Å². The van der Waals surface area contributed by atoms with Gasteiger partial charge in [-0.1, -0.05) is 30.3 Å². The molecule has 2 aromatic rings. The highest BCUT2D eigenvalue weighted by molar-refractivity contribution is 5.24.